The first-order valence-electron chi connectivity index (χ1n) is 6.55. The molecule has 17 heavy (non-hydrogen) atoms. The molecule has 0 aromatic heterocycles. The third-order valence-corrected chi connectivity index (χ3v) is 4.41. The molecule has 2 rings (SSSR count). The van der Waals surface area contributed by atoms with Crippen molar-refractivity contribution >= 4 is 0 Å². The molecule has 1 saturated carbocycles. The molecule has 2 atom stereocenters. The minimum absolute atomic E-state index is 0.224. The van der Waals surface area contributed by atoms with E-state index in [0.29, 0.717) is 5.92 Å². The van der Waals surface area contributed by atoms with Crippen LogP contribution < -0.4 is 10.5 Å². The Bertz CT molecular complexity index is 377. The molecule has 0 bridgehead atoms. The van der Waals surface area contributed by atoms with Gasteiger partial charge in [-0.05, 0) is 48.4 Å². The topological polar surface area (TPSA) is 35.2 Å². The van der Waals surface area contributed by atoms with Crippen molar-refractivity contribution in [3.8, 4) is 5.75 Å². The Hall–Kier alpha value is -1.02. The smallest absolute Gasteiger partial charge is 0.119 e. The average Bonchev–Trinajstić information content (AvgIpc) is 2.39. The van der Waals surface area contributed by atoms with Crippen molar-refractivity contribution in [2.75, 3.05) is 13.7 Å². The summed E-state index contributed by atoms with van der Waals surface area (Å²) in [5, 5.41) is 0. The zero-order valence-electron chi connectivity index (χ0n) is 10.9. The Kier molecular flexibility index (Phi) is 3.72. The number of hydrogen-bond donors (Lipinski definition) is 1. The molecule has 0 heterocycles. The first-order chi connectivity index (χ1) is 8.20. The van der Waals surface area contributed by atoms with Crippen LogP contribution >= 0.6 is 0 Å². The molecule has 1 aliphatic carbocycles. The third kappa shape index (κ3) is 2.32. The van der Waals surface area contributed by atoms with Gasteiger partial charge in [0, 0.05) is 0 Å². The molecule has 1 aromatic rings. The highest BCUT2D eigenvalue weighted by Gasteiger charge is 2.37. The fourth-order valence-corrected chi connectivity index (χ4v) is 3.14. The summed E-state index contributed by atoms with van der Waals surface area (Å²) >= 11 is 0. The lowest BCUT2D eigenvalue weighted by Crippen LogP contribution is -2.39. The number of rotatable bonds is 3. The largest absolute Gasteiger partial charge is 0.497 e. The molecule has 2 nitrogen and oxygen atoms in total. The molecular formula is C15H23NO. The molecule has 0 spiro atoms. The maximum atomic E-state index is 5.96. The molecule has 1 aliphatic rings. The van der Waals surface area contributed by atoms with Crippen molar-refractivity contribution in [1.82, 2.24) is 0 Å². The maximum absolute atomic E-state index is 5.96. The van der Waals surface area contributed by atoms with Crippen LogP contribution in [-0.2, 0) is 5.41 Å². The fourth-order valence-electron chi connectivity index (χ4n) is 3.14. The minimum Gasteiger partial charge on any atom is -0.497 e. The van der Waals surface area contributed by atoms with Crippen molar-refractivity contribution in [3.63, 3.8) is 0 Å². The lowest BCUT2D eigenvalue weighted by Gasteiger charge is -2.41. The Morgan fingerprint density at radius 3 is 2.94 bits per heavy atom. The SMILES string of the molecule is COc1cccc([C@@]2(C)CCCC[C@@H]2CN)c1. The molecule has 2 N–H and O–H groups in total. The number of methoxy groups -OCH3 is 1. The lowest BCUT2D eigenvalue weighted by atomic mass is 9.64. The fraction of sp³-hybridized carbons (Fsp3) is 0.600. The standard InChI is InChI=1S/C15H23NO/c1-15(9-4-3-6-13(15)11-16)12-7-5-8-14(10-12)17-2/h5,7-8,10,13H,3-4,6,9,11,16H2,1-2H3/t13-,15-/m1/s1. The Labute approximate surface area is 104 Å². The van der Waals surface area contributed by atoms with Gasteiger partial charge in [0.2, 0.25) is 0 Å². The van der Waals surface area contributed by atoms with E-state index in [0.717, 1.165) is 12.3 Å². The van der Waals surface area contributed by atoms with Crippen LogP contribution in [-0.4, -0.2) is 13.7 Å². The van der Waals surface area contributed by atoms with E-state index in [2.05, 4.69) is 25.1 Å². The summed E-state index contributed by atoms with van der Waals surface area (Å²) in [6, 6.07) is 8.49. The Morgan fingerprint density at radius 2 is 2.24 bits per heavy atom. The summed E-state index contributed by atoms with van der Waals surface area (Å²) in [5.74, 6) is 1.55. The monoisotopic (exact) mass is 233 g/mol. The molecule has 94 valence electrons. The van der Waals surface area contributed by atoms with E-state index in [4.69, 9.17) is 10.5 Å². The van der Waals surface area contributed by atoms with Crippen LogP contribution in [0.1, 0.15) is 38.2 Å². The van der Waals surface area contributed by atoms with Crippen LogP contribution in [0.15, 0.2) is 24.3 Å². The van der Waals surface area contributed by atoms with Gasteiger partial charge in [-0.15, -0.1) is 0 Å². The summed E-state index contributed by atoms with van der Waals surface area (Å²) in [6.45, 7) is 3.15. The van der Waals surface area contributed by atoms with E-state index in [1.807, 2.05) is 6.07 Å². The second kappa shape index (κ2) is 5.09. The lowest BCUT2D eigenvalue weighted by molar-refractivity contribution is 0.209. The van der Waals surface area contributed by atoms with Gasteiger partial charge in [-0.1, -0.05) is 31.9 Å². The average molecular weight is 233 g/mol. The Morgan fingerprint density at radius 1 is 1.41 bits per heavy atom. The first-order valence-corrected chi connectivity index (χ1v) is 6.55. The summed E-state index contributed by atoms with van der Waals surface area (Å²) in [7, 11) is 1.72. The third-order valence-electron chi connectivity index (χ3n) is 4.41. The van der Waals surface area contributed by atoms with E-state index in [1.165, 1.54) is 31.2 Å². The number of nitrogens with two attached hydrogens (primary N) is 1. The van der Waals surface area contributed by atoms with Crippen molar-refractivity contribution in [2.24, 2.45) is 11.7 Å². The van der Waals surface area contributed by atoms with E-state index in [-0.39, 0.29) is 5.41 Å². The molecule has 2 heteroatoms. The van der Waals surface area contributed by atoms with Crippen LogP contribution in [0.25, 0.3) is 0 Å². The van der Waals surface area contributed by atoms with E-state index < -0.39 is 0 Å². The summed E-state index contributed by atoms with van der Waals surface area (Å²) in [5.41, 5.74) is 7.56. The Balaban J connectivity index is 2.33. The van der Waals surface area contributed by atoms with Gasteiger partial charge in [-0.2, -0.15) is 0 Å². The van der Waals surface area contributed by atoms with Crippen LogP contribution in [0.5, 0.6) is 5.75 Å². The van der Waals surface area contributed by atoms with Crippen molar-refractivity contribution in [1.29, 1.82) is 0 Å². The molecule has 0 aliphatic heterocycles. The molecule has 0 amide bonds. The highest BCUT2D eigenvalue weighted by molar-refractivity contribution is 5.34. The number of ether oxygens (including phenoxy) is 1. The van der Waals surface area contributed by atoms with Crippen LogP contribution in [0.2, 0.25) is 0 Å². The van der Waals surface area contributed by atoms with Gasteiger partial charge in [0.25, 0.3) is 0 Å². The first kappa shape index (κ1) is 12.4. The van der Waals surface area contributed by atoms with Crippen molar-refractivity contribution in [2.45, 2.75) is 38.0 Å². The minimum atomic E-state index is 0.224. The van der Waals surface area contributed by atoms with Crippen LogP contribution in [0.3, 0.4) is 0 Å². The second-order valence-corrected chi connectivity index (χ2v) is 5.33. The maximum Gasteiger partial charge on any atom is 0.119 e. The van der Waals surface area contributed by atoms with Gasteiger partial charge in [-0.25, -0.2) is 0 Å². The molecule has 0 radical (unpaired) electrons. The van der Waals surface area contributed by atoms with E-state index >= 15 is 0 Å². The van der Waals surface area contributed by atoms with Crippen LogP contribution in [0, 0.1) is 5.92 Å². The predicted molar refractivity (Wildman–Crippen MR) is 71.4 cm³/mol. The van der Waals surface area contributed by atoms with Gasteiger partial charge in [0.1, 0.15) is 5.75 Å². The zero-order valence-corrected chi connectivity index (χ0v) is 10.9. The zero-order chi connectivity index (χ0) is 12.3. The van der Waals surface area contributed by atoms with Crippen molar-refractivity contribution < 1.29 is 4.74 Å². The summed E-state index contributed by atoms with van der Waals surface area (Å²) < 4.78 is 5.33. The normalized spacial score (nSPS) is 29.0. The molecule has 0 unspecified atom stereocenters. The van der Waals surface area contributed by atoms with Crippen LogP contribution in [0.4, 0.5) is 0 Å². The van der Waals surface area contributed by atoms with Gasteiger partial charge < -0.3 is 10.5 Å². The summed E-state index contributed by atoms with van der Waals surface area (Å²) in [6.07, 6.45) is 5.12. The van der Waals surface area contributed by atoms with E-state index in [1.54, 1.807) is 7.11 Å². The molecule has 1 fully saturated rings. The number of hydrogen-bond acceptors (Lipinski definition) is 2. The molecule has 0 saturated heterocycles. The molecule has 1 aromatic carbocycles. The summed E-state index contributed by atoms with van der Waals surface area (Å²) in [4.78, 5) is 0. The second-order valence-electron chi connectivity index (χ2n) is 5.33. The highest BCUT2D eigenvalue weighted by Crippen LogP contribution is 2.43. The predicted octanol–water partition coefficient (Wildman–Crippen LogP) is 3.10. The highest BCUT2D eigenvalue weighted by atomic mass is 16.5. The number of benzene rings is 1. The van der Waals surface area contributed by atoms with Gasteiger partial charge in [-0.3, -0.25) is 0 Å². The van der Waals surface area contributed by atoms with Gasteiger partial charge >= 0.3 is 0 Å². The van der Waals surface area contributed by atoms with E-state index in [9.17, 15) is 0 Å². The van der Waals surface area contributed by atoms with Crippen molar-refractivity contribution in [3.05, 3.63) is 29.8 Å². The molecular weight excluding hydrogens is 210 g/mol. The van der Waals surface area contributed by atoms with Gasteiger partial charge in [0.05, 0.1) is 7.11 Å². The quantitative estimate of drug-likeness (QED) is 0.870. The van der Waals surface area contributed by atoms with Gasteiger partial charge in [0.15, 0.2) is 0 Å².